The summed E-state index contributed by atoms with van der Waals surface area (Å²) in [5, 5.41) is 22.7. The summed E-state index contributed by atoms with van der Waals surface area (Å²) in [6.45, 7) is 7.47. The first-order valence-corrected chi connectivity index (χ1v) is 13.2. The number of carbonyl (C=O) groups excluding carboxylic acids is 1. The van der Waals surface area contributed by atoms with E-state index in [9.17, 15) is 19.8 Å². The van der Waals surface area contributed by atoms with Crippen molar-refractivity contribution in [3.8, 4) is 0 Å². The van der Waals surface area contributed by atoms with Gasteiger partial charge in [0.05, 0.1) is 6.10 Å². The van der Waals surface area contributed by atoms with E-state index >= 15 is 0 Å². The molecule has 0 aliphatic carbocycles. The van der Waals surface area contributed by atoms with Crippen LogP contribution in [-0.2, 0) is 16.9 Å². The van der Waals surface area contributed by atoms with Gasteiger partial charge in [0, 0.05) is 33.5 Å². The highest BCUT2D eigenvalue weighted by Gasteiger charge is 2.68. The Kier molecular flexibility index (Phi) is 7.91. The summed E-state index contributed by atoms with van der Waals surface area (Å²) < 4.78 is 0. The minimum atomic E-state index is -1.65. The van der Waals surface area contributed by atoms with Gasteiger partial charge in [-0.25, -0.2) is 9.69 Å². The molecule has 3 aromatic rings. The van der Waals surface area contributed by atoms with Gasteiger partial charge in [-0.05, 0) is 30.2 Å². The van der Waals surface area contributed by atoms with Crippen molar-refractivity contribution >= 4 is 35.2 Å². The lowest BCUT2D eigenvalue weighted by Crippen LogP contribution is -2.62. The Morgan fingerprint density at radius 2 is 1.47 bits per heavy atom. The first kappa shape index (κ1) is 28.1. The van der Waals surface area contributed by atoms with Crippen LogP contribution in [0.5, 0.6) is 0 Å². The molecule has 0 bridgehead atoms. The average molecular weight is 556 g/mol. The van der Waals surface area contributed by atoms with Gasteiger partial charge in [-0.2, -0.15) is 0 Å². The van der Waals surface area contributed by atoms with Crippen molar-refractivity contribution in [1.82, 2.24) is 9.80 Å². The molecule has 1 aliphatic rings. The van der Waals surface area contributed by atoms with Crippen LogP contribution in [0.3, 0.4) is 0 Å². The predicted molar refractivity (Wildman–Crippen MR) is 149 cm³/mol. The number of benzene rings is 3. The third-order valence-electron chi connectivity index (χ3n) is 7.37. The highest BCUT2D eigenvalue weighted by atomic mass is 35.5. The normalized spacial score (nSPS) is 21.9. The van der Waals surface area contributed by atoms with Gasteiger partial charge in [0.1, 0.15) is 11.7 Å². The van der Waals surface area contributed by atoms with Crippen LogP contribution >= 0.6 is 23.2 Å². The minimum Gasteiger partial charge on any atom is -0.465 e. The van der Waals surface area contributed by atoms with Crippen LogP contribution in [-0.4, -0.2) is 44.2 Å². The molecule has 4 rings (SSSR count). The van der Waals surface area contributed by atoms with Crippen LogP contribution in [0.4, 0.5) is 4.79 Å². The second-order valence-electron chi connectivity index (χ2n) is 10.7. The molecule has 3 aromatic carbocycles. The van der Waals surface area contributed by atoms with E-state index in [2.05, 4.69) is 0 Å². The molecule has 1 saturated heterocycles. The molecule has 0 saturated carbocycles. The molecule has 8 heteroatoms. The number of nitrogens with zero attached hydrogens (tertiary/aromatic N) is 2. The van der Waals surface area contributed by atoms with Crippen molar-refractivity contribution in [2.24, 2.45) is 5.41 Å². The minimum absolute atomic E-state index is 0.152. The molecule has 4 atom stereocenters. The standard InChI is InChI=1S/C30H32Cl2N2O4/c1-19(21-14-9-6-10-15-21)33-26(24(35)18-20-12-7-5-8-13-20)27(36)34(28(37)38)30(33,29(2,3)4)25-22(31)16-11-17-23(25)32/h5-17,19,24,26,35H,18H2,1-4H3,(H,37,38)/t19?,24-,26?,30+/m1/s1. The Bertz CT molecular complexity index is 1290. The first-order chi connectivity index (χ1) is 17.9. The van der Waals surface area contributed by atoms with E-state index < -0.39 is 41.3 Å². The second kappa shape index (κ2) is 10.7. The van der Waals surface area contributed by atoms with Gasteiger partial charge in [0.25, 0.3) is 5.91 Å². The lowest BCUT2D eigenvalue weighted by Gasteiger charge is -2.54. The molecule has 2 amide bonds. The zero-order valence-corrected chi connectivity index (χ0v) is 23.3. The molecule has 0 aromatic heterocycles. The maximum absolute atomic E-state index is 14.2. The van der Waals surface area contributed by atoms with E-state index in [4.69, 9.17) is 23.2 Å². The van der Waals surface area contributed by atoms with E-state index in [1.807, 2.05) is 88.4 Å². The molecular weight excluding hydrogens is 523 g/mol. The van der Waals surface area contributed by atoms with Gasteiger partial charge in [-0.1, -0.05) is 111 Å². The molecular formula is C30H32Cl2N2O4. The van der Waals surface area contributed by atoms with Gasteiger partial charge in [-0.3, -0.25) is 9.69 Å². The van der Waals surface area contributed by atoms with Crippen LogP contribution < -0.4 is 0 Å². The summed E-state index contributed by atoms with van der Waals surface area (Å²) >= 11 is 13.6. The summed E-state index contributed by atoms with van der Waals surface area (Å²) in [6.07, 6.45) is -2.51. The quantitative estimate of drug-likeness (QED) is 0.352. The van der Waals surface area contributed by atoms with Crippen molar-refractivity contribution in [2.75, 3.05) is 0 Å². The van der Waals surface area contributed by atoms with Gasteiger partial charge in [0.15, 0.2) is 0 Å². The molecule has 1 aliphatic heterocycles. The second-order valence-corrected chi connectivity index (χ2v) is 11.5. The predicted octanol–water partition coefficient (Wildman–Crippen LogP) is 6.75. The van der Waals surface area contributed by atoms with Crippen LogP contribution in [0.25, 0.3) is 0 Å². The lowest BCUT2D eigenvalue weighted by molar-refractivity contribution is -0.135. The molecule has 0 radical (unpaired) electrons. The molecule has 200 valence electrons. The highest BCUT2D eigenvalue weighted by molar-refractivity contribution is 6.36. The van der Waals surface area contributed by atoms with Crippen molar-refractivity contribution < 1.29 is 19.8 Å². The monoisotopic (exact) mass is 554 g/mol. The van der Waals surface area contributed by atoms with Gasteiger partial charge < -0.3 is 10.2 Å². The van der Waals surface area contributed by atoms with Crippen molar-refractivity contribution in [2.45, 2.75) is 58.0 Å². The third-order valence-corrected chi connectivity index (χ3v) is 8.00. The SMILES string of the molecule is CC(c1ccccc1)N1C([C@H](O)Cc2ccccc2)C(=O)N(C(=O)O)[C@@]1(c1c(Cl)cccc1Cl)C(C)(C)C. The number of imide groups is 1. The van der Waals surface area contributed by atoms with Crippen LogP contribution in [0.15, 0.2) is 78.9 Å². The number of rotatable bonds is 6. The maximum Gasteiger partial charge on any atom is 0.415 e. The smallest absolute Gasteiger partial charge is 0.415 e. The van der Waals surface area contributed by atoms with E-state index in [0.717, 1.165) is 16.0 Å². The third kappa shape index (κ3) is 4.60. The van der Waals surface area contributed by atoms with Gasteiger partial charge in [-0.15, -0.1) is 0 Å². The van der Waals surface area contributed by atoms with Crippen LogP contribution in [0, 0.1) is 5.41 Å². The van der Waals surface area contributed by atoms with E-state index in [-0.39, 0.29) is 16.5 Å². The van der Waals surface area contributed by atoms with E-state index in [0.29, 0.717) is 5.56 Å². The molecule has 1 heterocycles. The summed E-state index contributed by atoms with van der Waals surface area (Å²) in [6, 6.07) is 22.1. The Hall–Kier alpha value is -2.90. The number of carbonyl (C=O) groups is 2. The zero-order chi connectivity index (χ0) is 27.8. The summed E-state index contributed by atoms with van der Waals surface area (Å²) in [5.74, 6) is -0.727. The number of aliphatic hydroxyl groups is 1. The fourth-order valence-electron chi connectivity index (χ4n) is 5.86. The largest absolute Gasteiger partial charge is 0.465 e. The fraction of sp³-hybridized carbons (Fsp3) is 0.333. The summed E-state index contributed by atoms with van der Waals surface area (Å²) in [5.41, 5.74) is -0.598. The highest BCUT2D eigenvalue weighted by Crippen LogP contribution is 2.58. The number of hydrogen-bond donors (Lipinski definition) is 2. The van der Waals surface area contributed by atoms with Crippen LogP contribution in [0.2, 0.25) is 10.0 Å². The number of amides is 2. The molecule has 38 heavy (non-hydrogen) atoms. The summed E-state index contributed by atoms with van der Waals surface area (Å²) in [4.78, 5) is 29.9. The first-order valence-electron chi connectivity index (χ1n) is 12.5. The Morgan fingerprint density at radius 1 is 0.947 bits per heavy atom. The molecule has 6 nitrogen and oxygen atoms in total. The lowest BCUT2D eigenvalue weighted by atomic mass is 9.73. The van der Waals surface area contributed by atoms with E-state index in [1.165, 1.54) is 0 Å². The molecule has 2 unspecified atom stereocenters. The molecule has 0 spiro atoms. The van der Waals surface area contributed by atoms with Crippen molar-refractivity contribution in [3.63, 3.8) is 0 Å². The van der Waals surface area contributed by atoms with Gasteiger partial charge in [0.2, 0.25) is 0 Å². The van der Waals surface area contributed by atoms with E-state index in [1.54, 1.807) is 23.1 Å². The number of halogens is 2. The Labute approximate surface area is 233 Å². The zero-order valence-electron chi connectivity index (χ0n) is 21.8. The Balaban J connectivity index is 2.06. The maximum atomic E-state index is 14.2. The van der Waals surface area contributed by atoms with Crippen molar-refractivity contribution in [3.05, 3.63) is 106 Å². The number of aliphatic hydroxyl groups excluding tert-OH is 1. The number of hydrogen-bond acceptors (Lipinski definition) is 4. The van der Waals surface area contributed by atoms with Gasteiger partial charge >= 0.3 is 6.09 Å². The molecule has 1 fully saturated rings. The molecule has 2 N–H and O–H groups in total. The topological polar surface area (TPSA) is 81.1 Å². The number of carboxylic acid groups (broad SMARTS) is 1. The summed E-state index contributed by atoms with van der Waals surface area (Å²) in [7, 11) is 0. The fourth-order valence-corrected chi connectivity index (χ4v) is 6.52. The van der Waals surface area contributed by atoms with Crippen LogP contribution in [0.1, 0.15) is 50.4 Å². The average Bonchev–Trinajstić information content (AvgIpc) is 3.14. The van der Waals surface area contributed by atoms with Crippen molar-refractivity contribution in [1.29, 1.82) is 0 Å². The Morgan fingerprint density at radius 3 is 1.97 bits per heavy atom.